The van der Waals surface area contributed by atoms with Crippen LogP contribution >= 0.6 is 0 Å². The number of hydrogen-bond donors (Lipinski definition) is 1. The summed E-state index contributed by atoms with van der Waals surface area (Å²) in [4.78, 5) is 0. The summed E-state index contributed by atoms with van der Waals surface area (Å²) in [7, 11) is 0. The molecule has 2 aliphatic rings. The topological polar surface area (TPSA) is 20.2 Å². The predicted molar refractivity (Wildman–Crippen MR) is 63.3 cm³/mol. The van der Waals surface area contributed by atoms with E-state index in [1.807, 2.05) is 0 Å². The van der Waals surface area contributed by atoms with E-state index in [2.05, 4.69) is 25.5 Å². The minimum atomic E-state index is -0.213. The molecule has 1 N–H and O–H groups in total. The van der Waals surface area contributed by atoms with Crippen LogP contribution in [-0.4, -0.2) is 11.2 Å². The van der Waals surface area contributed by atoms with E-state index in [0.29, 0.717) is 5.92 Å². The first-order valence-corrected chi connectivity index (χ1v) is 6.17. The second-order valence-corrected chi connectivity index (χ2v) is 4.82. The highest BCUT2D eigenvalue weighted by molar-refractivity contribution is 5.38. The van der Waals surface area contributed by atoms with E-state index in [-0.39, 0.29) is 6.10 Å². The molecule has 0 aromatic heterocycles. The standard InChI is InChI=1S/C14H21O/c1-11-7-5-6-10-13(11)14(15)12-8-3-2-4-9-12/h5,7,10,12,14-15H,2-4,6,8-9H2,1H3. The number of aliphatic hydroxyl groups is 1. The van der Waals surface area contributed by atoms with Crippen LogP contribution in [0.15, 0.2) is 23.3 Å². The Morgan fingerprint density at radius 1 is 1.27 bits per heavy atom. The molecule has 0 aromatic carbocycles. The molecule has 2 aliphatic carbocycles. The molecule has 83 valence electrons. The lowest BCUT2D eigenvalue weighted by molar-refractivity contribution is 0.116. The van der Waals surface area contributed by atoms with Crippen LogP contribution in [0.3, 0.4) is 0 Å². The molecular weight excluding hydrogens is 184 g/mol. The van der Waals surface area contributed by atoms with E-state index in [4.69, 9.17) is 0 Å². The fourth-order valence-electron chi connectivity index (χ4n) is 2.75. The van der Waals surface area contributed by atoms with Gasteiger partial charge in [0.2, 0.25) is 0 Å². The molecule has 1 heteroatoms. The maximum Gasteiger partial charge on any atom is 0.0817 e. The van der Waals surface area contributed by atoms with Gasteiger partial charge in [0.05, 0.1) is 6.10 Å². The molecule has 1 nitrogen and oxygen atoms in total. The smallest absolute Gasteiger partial charge is 0.0817 e. The zero-order chi connectivity index (χ0) is 10.7. The number of aliphatic hydroxyl groups excluding tert-OH is 1. The minimum absolute atomic E-state index is 0.213. The van der Waals surface area contributed by atoms with Crippen LogP contribution in [0, 0.1) is 12.3 Å². The third-order valence-electron chi connectivity index (χ3n) is 3.71. The molecule has 1 unspecified atom stereocenters. The van der Waals surface area contributed by atoms with Crippen molar-refractivity contribution >= 4 is 0 Å². The lowest BCUT2D eigenvalue weighted by Gasteiger charge is -2.29. The molecule has 1 saturated carbocycles. The van der Waals surface area contributed by atoms with Gasteiger partial charge >= 0.3 is 0 Å². The van der Waals surface area contributed by atoms with Crippen molar-refractivity contribution in [3.63, 3.8) is 0 Å². The van der Waals surface area contributed by atoms with Crippen LogP contribution in [0.1, 0.15) is 45.4 Å². The Balaban J connectivity index is 2.02. The Morgan fingerprint density at radius 2 is 2.00 bits per heavy atom. The Kier molecular flexibility index (Phi) is 3.63. The first kappa shape index (κ1) is 10.9. The van der Waals surface area contributed by atoms with E-state index < -0.39 is 0 Å². The molecule has 0 heterocycles. The van der Waals surface area contributed by atoms with Gasteiger partial charge in [-0.1, -0.05) is 31.4 Å². The third-order valence-corrected chi connectivity index (χ3v) is 3.71. The SMILES string of the molecule is CC1=C[CH]CC=C1C(O)C1CCCCC1. The van der Waals surface area contributed by atoms with E-state index in [1.165, 1.54) is 43.3 Å². The fraction of sp³-hybridized carbons (Fsp3) is 0.643. The van der Waals surface area contributed by atoms with Crippen LogP contribution in [0.4, 0.5) is 0 Å². The van der Waals surface area contributed by atoms with Crippen molar-refractivity contribution in [2.75, 3.05) is 0 Å². The Labute approximate surface area is 92.9 Å². The summed E-state index contributed by atoms with van der Waals surface area (Å²) < 4.78 is 0. The normalized spacial score (nSPS) is 25.7. The maximum absolute atomic E-state index is 10.3. The highest BCUT2D eigenvalue weighted by Gasteiger charge is 2.25. The van der Waals surface area contributed by atoms with Gasteiger partial charge in [-0.3, -0.25) is 0 Å². The van der Waals surface area contributed by atoms with Crippen molar-refractivity contribution in [1.82, 2.24) is 0 Å². The third kappa shape index (κ3) is 2.52. The molecule has 0 aliphatic heterocycles. The summed E-state index contributed by atoms with van der Waals surface area (Å²) in [5.41, 5.74) is 2.43. The van der Waals surface area contributed by atoms with Gasteiger partial charge in [-0.25, -0.2) is 0 Å². The summed E-state index contributed by atoms with van der Waals surface area (Å²) in [6.45, 7) is 2.10. The minimum Gasteiger partial charge on any atom is -0.388 e. The van der Waals surface area contributed by atoms with E-state index in [0.717, 1.165) is 6.42 Å². The Morgan fingerprint density at radius 3 is 2.67 bits per heavy atom. The predicted octanol–water partition coefficient (Wildman–Crippen LogP) is 3.41. The lowest BCUT2D eigenvalue weighted by atomic mass is 9.80. The van der Waals surface area contributed by atoms with Gasteiger partial charge in [-0.2, -0.15) is 0 Å². The van der Waals surface area contributed by atoms with E-state index >= 15 is 0 Å². The molecule has 2 rings (SSSR count). The molecule has 0 amide bonds. The van der Waals surface area contributed by atoms with Gasteiger partial charge < -0.3 is 5.11 Å². The van der Waals surface area contributed by atoms with Gasteiger partial charge in [-0.05, 0) is 49.7 Å². The Bertz CT molecular complexity index is 269. The Hall–Kier alpha value is -0.560. The highest BCUT2D eigenvalue weighted by atomic mass is 16.3. The largest absolute Gasteiger partial charge is 0.388 e. The number of hydrogen-bond acceptors (Lipinski definition) is 1. The second kappa shape index (κ2) is 4.98. The summed E-state index contributed by atoms with van der Waals surface area (Å²) in [5, 5.41) is 10.3. The van der Waals surface area contributed by atoms with E-state index in [1.54, 1.807) is 0 Å². The van der Waals surface area contributed by atoms with Gasteiger partial charge in [-0.15, -0.1) is 0 Å². The van der Waals surface area contributed by atoms with Gasteiger partial charge in [0, 0.05) is 0 Å². The monoisotopic (exact) mass is 205 g/mol. The second-order valence-electron chi connectivity index (χ2n) is 4.82. The molecule has 1 fully saturated rings. The first-order chi connectivity index (χ1) is 7.29. The summed E-state index contributed by atoms with van der Waals surface area (Å²) in [5.74, 6) is 0.506. The zero-order valence-corrected chi connectivity index (χ0v) is 9.58. The average molecular weight is 205 g/mol. The van der Waals surface area contributed by atoms with Gasteiger partial charge in [0.15, 0.2) is 0 Å². The molecular formula is C14H21O. The molecule has 0 aromatic rings. The summed E-state index contributed by atoms with van der Waals surface area (Å²) in [6.07, 6.45) is 13.6. The zero-order valence-electron chi connectivity index (χ0n) is 9.58. The molecule has 15 heavy (non-hydrogen) atoms. The van der Waals surface area contributed by atoms with E-state index in [9.17, 15) is 5.11 Å². The van der Waals surface area contributed by atoms with Crippen LogP contribution in [0.2, 0.25) is 0 Å². The highest BCUT2D eigenvalue weighted by Crippen LogP contribution is 2.33. The van der Waals surface area contributed by atoms with Crippen LogP contribution in [-0.2, 0) is 0 Å². The van der Waals surface area contributed by atoms with Crippen molar-refractivity contribution in [2.45, 2.75) is 51.6 Å². The molecule has 1 radical (unpaired) electrons. The average Bonchev–Trinajstić information content (AvgIpc) is 2.30. The maximum atomic E-state index is 10.3. The van der Waals surface area contributed by atoms with Crippen molar-refractivity contribution in [3.8, 4) is 0 Å². The van der Waals surface area contributed by atoms with Gasteiger partial charge in [0.25, 0.3) is 0 Å². The summed E-state index contributed by atoms with van der Waals surface area (Å²) >= 11 is 0. The quantitative estimate of drug-likeness (QED) is 0.732. The molecule has 0 bridgehead atoms. The van der Waals surface area contributed by atoms with Crippen molar-refractivity contribution < 1.29 is 5.11 Å². The van der Waals surface area contributed by atoms with Crippen LogP contribution in [0.25, 0.3) is 0 Å². The molecule has 0 saturated heterocycles. The number of allylic oxidation sites excluding steroid dienone is 2. The first-order valence-electron chi connectivity index (χ1n) is 6.17. The lowest BCUT2D eigenvalue weighted by Crippen LogP contribution is -2.26. The number of rotatable bonds is 2. The molecule has 0 spiro atoms. The van der Waals surface area contributed by atoms with Crippen molar-refractivity contribution in [1.29, 1.82) is 0 Å². The molecule has 1 atom stereocenters. The van der Waals surface area contributed by atoms with Crippen molar-refractivity contribution in [3.05, 3.63) is 29.7 Å². The fourth-order valence-corrected chi connectivity index (χ4v) is 2.75. The van der Waals surface area contributed by atoms with Crippen LogP contribution in [0.5, 0.6) is 0 Å². The van der Waals surface area contributed by atoms with Crippen LogP contribution < -0.4 is 0 Å². The van der Waals surface area contributed by atoms with Crippen molar-refractivity contribution in [2.24, 2.45) is 5.92 Å². The summed E-state index contributed by atoms with van der Waals surface area (Å²) in [6, 6.07) is 0. The van der Waals surface area contributed by atoms with Gasteiger partial charge in [0.1, 0.15) is 0 Å².